The van der Waals surface area contributed by atoms with E-state index in [2.05, 4.69) is 37.8 Å². The fourth-order valence-corrected chi connectivity index (χ4v) is 2.45. The summed E-state index contributed by atoms with van der Waals surface area (Å²) in [5.41, 5.74) is 0.249. The second kappa shape index (κ2) is 5.54. The number of nitrogens with zero attached hydrogens (tertiary/aromatic N) is 2. The van der Waals surface area contributed by atoms with Crippen LogP contribution in [0.1, 0.15) is 71.0 Å². The summed E-state index contributed by atoms with van der Waals surface area (Å²) < 4.78 is 10.4. The number of esters is 1. The molecule has 0 saturated heterocycles. The van der Waals surface area contributed by atoms with Crippen LogP contribution in [-0.2, 0) is 9.53 Å². The van der Waals surface area contributed by atoms with Gasteiger partial charge in [0.2, 0.25) is 5.89 Å². The molecular formula is C15H24N2O3. The van der Waals surface area contributed by atoms with Gasteiger partial charge in [-0.2, -0.15) is 4.98 Å². The van der Waals surface area contributed by atoms with Crippen molar-refractivity contribution in [3.63, 3.8) is 0 Å². The van der Waals surface area contributed by atoms with Crippen molar-refractivity contribution in [1.29, 1.82) is 0 Å². The van der Waals surface area contributed by atoms with Crippen LogP contribution in [-0.4, -0.2) is 22.7 Å². The van der Waals surface area contributed by atoms with E-state index in [4.69, 9.17) is 9.26 Å². The Hall–Kier alpha value is -1.39. The lowest BCUT2D eigenvalue weighted by Crippen LogP contribution is -2.18. The molecule has 1 aromatic rings. The van der Waals surface area contributed by atoms with E-state index in [1.54, 1.807) is 6.92 Å². The van der Waals surface area contributed by atoms with Gasteiger partial charge in [0.25, 0.3) is 0 Å². The van der Waals surface area contributed by atoms with Gasteiger partial charge in [-0.15, -0.1) is 0 Å². The molecule has 0 amide bonds. The molecule has 0 N–H and O–H groups in total. The van der Waals surface area contributed by atoms with E-state index in [9.17, 15) is 4.79 Å². The lowest BCUT2D eigenvalue weighted by atomic mass is 9.97. The third kappa shape index (κ3) is 3.19. The van der Waals surface area contributed by atoms with Gasteiger partial charge in [-0.1, -0.05) is 32.9 Å². The van der Waals surface area contributed by atoms with Crippen LogP contribution in [0.25, 0.3) is 0 Å². The number of rotatable bonds is 6. The average Bonchev–Trinajstić information content (AvgIpc) is 2.79. The smallest absolute Gasteiger partial charge is 0.318 e. The minimum atomic E-state index is -0.446. The number of ether oxygens (including phenoxy) is 1. The molecule has 1 saturated carbocycles. The van der Waals surface area contributed by atoms with Crippen LogP contribution in [0.2, 0.25) is 0 Å². The van der Waals surface area contributed by atoms with Gasteiger partial charge in [-0.25, -0.2) is 0 Å². The first-order valence-electron chi connectivity index (χ1n) is 7.35. The van der Waals surface area contributed by atoms with E-state index in [0.717, 1.165) is 12.2 Å². The van der Waals surface area contributed by atoms with Crippen LogP contribution in [0.4, 0.5) is 0 Å². The Morgan fingerprint density at radius 1 is 1.50 bits per heavy atom. The standard InChI is InChI=1S/C15H24N2O3/c1-6-19-14(18)10(7-9(2)3)13-16-12(17-20-13)11-8-15(11,4)5/h9-11H,6-8H2,1-5H3. The van der Waals surface area contributed by atoms with E-state index >= 15 is 0 Å². The summed E-state index contributed by atoms with van der Waals surface area (Å²) in [6, 6.07) is 0. The second-order valence-corrected chi connectivity index (χ2v) is 6.67. The van der Waals surface area contributed by atoms with Gasteiger partial charge in [0.05, 0.1) is 6.61 Å². The Morgan fingerprint density at radius 2 is 2.15 bits per heavy atom. The van der Waals surface area contributed by atoms with Gasteiger partial charge in [0, 0.05) is 5.92 Å². The van der Waals surface area contributed by atoms with Gasteiger partial charge >= 0.3 is 5.97 Å². The third-order valence-electron chi connectivity index (χ3n) is 3.86. The Bertz CT molecular complexity index is 479. The predicted molar refractivity (Wildman–Crippen MR) is 74.3 cm³/mol. The van der Waals surface area contributed by atoms with Gasteiger partial charge in [-0.3, -0.25) is 4.79 Å². The van der Waals surface area contributed by atoms with Crippen LogP contribution in [0.15, 0.2) is 4.52 Å². The first kappa shape index (κ1) is 15.0. The van der Waals surface area contributed by atoms with Gasteiger partial charge in [-0.05, 0) is 31.1 Å². The minimum absolute atomic E-state index is 0.249. The average molecular weight is 280 g/mol. The summed E-state index contributed by atoms with van der Waals surface area (Å²) in [5.74, 6) is 1.11. The van der Waals surface area contributed by atoms with Crippen LogP contribution < -0.4 is 0 Å². The molecule has 0 radical (unpaired) electrons. The van der Waals surface area contributed by atoms with E-state index in [1.807, 2.05) is 0 Å². The molecule has 0 spiro atoms. The van der Waals surface area contributed by atoms with Crippen LogP contribution in [0.5, 0.6) is 0 Å². The molecule has 112 valence electrons. The highest BCUT2D eigenvalue weighted by atomic mass is 16.5. The fourth-order valence-electron chi connectivity index (χ4n) is 2.45. The molecule has 2 unspecified atom stereocenters. The maximum absolute atomic E-state index is 12.1. The van der Waals surface area contributed by atoms with Crippen LogP contribution >= 0.6 is 0 Å². The molecule has 0 aliphatic heterocycles. The van der Waals surface area contributed by atoms with Crippen molar-refractivity contribution in [3.8, 4) is 0 Å². The van der Waals surface area contributed by atoms with Crippen molar-refractivity contribution in [3.05, 3.63) is 11.7 Å². The zero-order valence-corrected chi connectivity index (χ0v) is 13.0. The maximum Gasteiger partial charge on any atom is 0.318 e. The van der Waals surface area contributed by atoms with Crippen molar-refractivity contribution in [2.45, 2.75) is 59.3 Å². The van der Waals surface area contributed by atoms with Crippen molar-refractivity contribution in [2.75, 3.05) is 6.61 Å². The minimum Gasteiger partial charge on any atom is -0.465 e. The molecule has 1 fully saturated rings. The highest BCUT2D eigenvalue weighted by Gasteiger charge is 2.49. The SMILES string of the molecule is CCOC(=O)C(CC(C)C)c1nc(C2CC2(C)C)no1. The summed E-state index contributed by atoms with van der Waals surface area (Å²) >= 11 is 0. The molecule has 0 bridgehead atoms. The number of carbonyl (C=O) groups excluding carboxylic acids is 1. The summed E-state index contributed by atoms with van der Waals surface area (Å²) in [6.45, 7) is 10.7. The van der Waals surface area contributed by atoms with Crippen molar-refractivity contribution in [1.82, 2.24) is 10.1 Å². The Kier molecular flexibility index (Phi) is 4.16. The molecule has 1 heterocycles. The lowest BCUT2D eigenvalue weighted by Gasteiger charge is -2.13. The van der Waals surface area contributed by atoms with E-state index in [0.29, 0.717) is 30.8 Å². The zero-order valence-electron chi connectivity index (χ0n) is 13.0. The second-order valence-electron chi connectivity index (χ2n) is 6.67. The molecule has 1 aliphatic rings. The monoisotopic (exact) mass is 280 g/mol. The van der Waals surface area contributed by atoms with Crippen LogP contribution in [0.3, 0.4) is 0 Å². The molecule has 0 aromatic carbocycles. The molecule has 5 nitrogen and oxygen atoms in total. The highest BCUT2D eigenvalue weighted by Crippen LogP contribution is 2.57. The van der Waals surface area contributed by atoms with Gasteiger partial charge in [0.1, 0.15) is 5.92 Å². The normalized spacial score (nSPS) is 21.8. The number of carbonyl (C=O) groups is 1. The molecule has 2 rings (SSSR count). The fraction of sp³-hybridized carbons (Fsp3) is 0.800. The Morgan fingerprint density at radius 3 is 2.65 bits per heavy atom. The topological polar surface area (TPSA) is 65.2 Å². The summed E-state index contributed by atoms with van der Waals surface area (Å²) in [4.78, 5) is 16.5. The Labute approximate surface area is 120 Å². The summed E-state index contributed by atoms with van der Waals surface area (Å²) in [7, 11) is 0. The van der Waals surface area contributed by atoms with E-state index < -0.39 is 5.92 Å². The summed E-state index contributed by atoms with van der Waals surface area (Å²) in [6.07, 6.45) is 1.73. The third-order valence-corrected chi connectivity index (χ3v) is 3.86. The molecule has 20 heavy (non-hydrogen) atoms. The number of aromatic nitrogens is 2. The van der Waals surface area contributed by atoms with E-state index in [1.165, 1.54) is 0 Å². The van der Waals surface area contributed by atoms with Crippen molar-refractivity contribution >= 4 is 5.97 Å². The molecule has 2 atom stereocenters. The number of hydrogen-bond donors (Lipinski definition) is 0. The lowest BCUT2D eigenvalue weighted by molar-refractivity contribution is -0.146. The van der Waals surface area contributed by atoms with Crippen molar-refractivity contribution in [2.24, 2.45) is 11.3 Å². The number of hydrogen-bond acceptors (Lipinski definition) is 5. The molecular weight excluding hydrogens is 256 g/mol. The van der Waals surface area contributed by atoms with Gasteiger partial charge in [0.15, 0.2) is 5.82 Å². The largest absolute Gasteiger partial charge is 0.465 e. The molecule has 5 heteroatoms. The van der Waals surface area contributed by atoms with Gasteiger partial charge < -0.3 is 9.26 Å². The first-order chi connectivity index (χ1) is 9.35. The quantitative estimate of drug-likeness (QED) is 0.748. The molecule has 1 aliphatic carbocycles. The molecule has 1 aromatic heterocycles. The highest BCUT2D eigenvalue weighted by molar-refractivity contribution is 5.76. The van der Waals surface area contributed by atoms with Crippen molar-refractivity contribution < 1.29 is 14.1 Å². The summed E-state index contributed by atoms with van der Waals surface area (Å²) in [5, 5.41) is 4.05. The maximum atomic E-state index is 12.1. The zero-order chi connectivity index (χ0) is 14.9. The van der Waals surface area contributed by atoms with E-state index in [-0.39, 0.29) is 11.4 Å². The Balaban J connectivity index is 2.14. The predicted octanol–water partition coefficient (Wildman–Crippen LogP) is 3.28. The first-order valence-corrected chi connectivity index (χ1v) is 7.35. The van der Waals surface area contributed by atoms with Crippen LogP contribution in [0, 0.1) is 11.3 Å².